The number of hydrazine groups is 1. The minimum absolute atomic E-state index is 0.169. The highest BCUT2D eigenvalue weighted by molar-refractivity contribution is 6.18. The number of nitrogens with one attached hydrogen (secondary N) is 5. The number of anilines is 4. The predicted molar refractivity (Wildman–Crippen MR) is 198 cm³/mol. The van der Waals surface area contributed by atoms with Crippen LogP contribution in [-0.4, -0.2) is 139 Å². The van der Waals surface area contributed by atoms with Gasteiger partial charge in [-0.2, -0.15) is 0 Å². The number of nitrogens with zero attached hydrogens (tertiary/aromatic N) is 6. The number of hydrogen-bond acceptors (Lipinski definition) is 7. The van der Waals surface area contributed by atoms with Crippen molar-refractivity contribution in [2.75, 3.05) is 100 Å². The fourth-order valence-corrected chi connectivity index (χ4v) is 5.51. The number of carbonyl (C=O) groups excluding carboxylic acids is 4. The number of aromatic amines is 4. The van der Waals surface area contributed by atoms with E-state index in [0.717, 1.165) is 18.7 Å². The second-order valence-corrected chi connectivity index (χ2v) is 12.8. The fraction of sp³-hybridized carbons (Fsp3) is 0.394. The van der Waals surface area contributed by atoms with Gasteiger partial charge in [0.1, 0.15) is 22.8 Å². The molecule has 0 aliphatic heterocycles. The van der Waals surface area contributed by atoms with E-state index in [9.17, 15) is 19.2 Å². The molecule has 4 heterocycles. The second kappa shape index (κ2) is 17.3. The van der Waals surface area contributed by atoms with Crippen molar-refractivity contribution >= 4 is 69.6 Å². The number of hydrogen-bond donors (Lipinski definition) is 5. The summed E-state index contributed by atoms with van der Waals surface area (Å²) in [4.78, 5) is 71.8. The first-order valence-corrected chi connectivity index (χ1v) is 17.0. The molecular formula is C33H45Cl2N11O4. The van der Waals surface area contributed by atoms with Crippen LogP contribution in [0.4, 0.5) is 22.7 Å². The number of rotatable bonds is 17. The zero-order valence-electron chi connectivity index (χ0n) is 29.1. The summed E-state index contributed by atoms with van der Waals surface area (Å²) in [5.74, 6) is -0.596. The molecule has 17 heteroatoms. The van der Waals surface area contributed by atoms with E-state index in [1.54, 1.807) is 87.2 Å². The van der Waals surface area contributed by atoms with Crippen LogP contribution in [0.1, 0.15) is 48.4 Å². The molecular weight excluding hydrogens is 685 g/mol. The predicted octanol–water partition coefficient (Wildman–Crippen LogP) is 3.96. The SMILES string of the molecule is CN(C)CCCN(C)C(=O)c1cc(N(C)C(=O)c2cc(N(C)C(=O)c3cc(N(C(=O)c4cc(NCCCl)c[nH]4)N(C)CCCl)c[nH]3)c[nH]2)c[nH]1. The Kier molecular flexibility index (Phi) is 13.2. The highest BCUT2D eigenvalue weighted by Gasteiger charge is 2.27. The van der Waals surface area contributed by atoms with E-state index in [-0.39, 0.29) is 35.0 Å². The Labute approximate surface area is 301 Å². The van der Waals surface area contributed by atoms with E-state index in [1.807, 2.05) is 14.1 Å². The average molecular weight is 731 g/mol. The molecule has 0 radical (unpaired) electrons. The van der Waals surface area contributed by atoms with Gasteiger partial charge in [0.2, 0.25) is 0 Å². The maximum Gasteiger partial charge on any atom is 0.289 e. The van der Waals surface area contributed by atoms with Crippen LogP contribution < -0.4 is 20.1 Å². The highest BCUT2D eigenvalue weighted by atomic mass is 35.5. The van der Waals surface area contributed by atoms with E-state index < -0.39 is 5.91 Å². The second-order valence-electron chi connectivity index (χ2n) is 12.0. The Balaban J connectivity index is 1.44. The molecule has 0 aliphatic rings. The average Bonchev–Trinajstić information content (AvgIpc) is 3.93. The van der Waals surface area contributed by atoms with Crippen LogP contribution in [0.3, 0.4) is 0 Å². The van der Waals surface area contributed by atoms with Gasteiger partial charge in [0.15, 0.2) is 0 Å². The molecule has 0 fully saturated rings. The van der Waals surface area contributed by atoms with Gasteiger partial charge in [0, 0.05) is 84.4 Å². The first-order chi connectivity index (χ1) is 23.9. The summed E-state index contributed by atoms with van der Waals surface area (Å²) in [6, 6.07) is 6.47. The van der Waals surface area contributed by atoms with Crippen molar-refractivity contribution in [3.63, 3.8) is 0 Å². The zero-order valence-corrected chi connectivity index (χ0v) is 30.7. The van der Waals surface area contributed by atoms with Crippen molar-refractivity contribution in [1.29, 1.82) is 0 Å². The Morgan fingerprint density at radius 3 is 1.64 bits per heavy atom. The van der Waals surface area contributed by atoms with Crippen LogP contribution in [0.25, 0.3) is 0 Å². The molecule has 270 valence electrons. The highest BCUT2D eigenvalue weighted by Crippen LogP contribution is 2.25. The van der Waals surface area contributed by atoms with Crippen LogP contribution in [-0.2, 0) is 0 Å². The fourth-order valence-electron chi connectivity index (χ4n) is 5.17. The molecule has 4 aromatic heterocycles. The molecule has 0 saturated heterocycles. The monoisotopic (exact) mass is 729 g/mol. The van der Waals surface area contributed by atoms with Gasteiger partial charge in [-0.1, -0.05) is 0 Å². The number of amides is 4. The zero-order chi connectivity index (χ0) is 36.5. The topological polar surface area (TPSA) is 163 Å². The third-order valence-corrected chi connectivity index (χ3v) is 8.41. The Hall–Kier alpha value is -4.70. The lowest BCUT2D eigenvalue weighted by molar-refractivity contribution is 0.0784. The van der Waals surface area contributed by atoms with E-state index in [1.165, 1.54) is 14.8 Å². The summed E-state index contributed by atoms with van der Waals surface area (Å²) in [5.41, 5.74) is 3.28. The normalized spacial score (nSPS) is 11.2. The molecule has 0 atom stereocenters. The molecule has 50 heavy (non-hydrogen) atoms. The molecule has 0 spiro atoms. The molecule has 4 amide bonds. The molecule has 0 aliphatic carbocycles. The molecule has 5 N–H and O–H groups in total. The third kappa shape index (κ3) is 9.09. The lowest BCUT2D eigenvalue weighted by Gasteiger charge is -2.30. The van der Waals surface area contributed by atoms with E-state index in [0.29, 0.717) is 54.0 Å². The quantitative estimate of drug-likeness (QED) is 0.0812. The van der Waals surface area contributed by atoms with Gasteiger partial charge in [-0.25, -0.2) is 10.0 Å². The summed E-state index contributed by atoms with van der Waals surface area (Å²) in [6.07, 6.45) is 7.25. The molecule has 0 bridgehead atoms. The van der Waals surface area contributed by atoms with Gasteiger partial charge in [-0.05, 0) is 51.3 Å². The van der Waals surface area contributed by atoms with Gasteiger partial charge in [0.25, 0.3) is 23.6 Å². The van der Waals surface area contributed by atoms with E-state index >= 15 is 0 Å². The molecule has 15 nitrogen and oxygen atoms in total. The summed E-state index contributed by atoms with van der Waals surface area (Å²) < 4.78 is 0. The molecule has 0 aromatic carbocycles. The van der Waals surface area contributed by atoms with Crippen molar-refractivity contribution in [3.05, 3.63) is 71.8 Å². The van der Waals surface area contributed by atoms with Gasteiger partial charge in [-0.3, -0.25) is 19.2 Å². The third-order valence-electron chi connectivity index (χ3n) is 8.05. The van der Waals surface area contributed by atoms with Crippen molar-refractivity contribution in [2.24, 2.45) is 0 Å². The minimum Gasteiger partial charge on any atom is -0.383 e. The van der Waals surface area contributed by atoms with E-state index in [4.69, 9.17) is 23.2 Å². The lowest BCUT2D eigenvalue weighted by atomic mass is 10.3. The van der Waals surface area contributed by atoms with Crippen molar-refractivity contribution in [1.82, 2.24) is 34.7 Å². The van der Waals surface area contributed by atoms with Crippen molar-refractivity contribution in [3.8, 4) is 0 Å². The van der Waals surface area contributed by atoms with Crippen molar-refractivity contribution < 1.29 is 19.2 Å². The van der Waals surface area contributed by atoms with Crippen LogP contribution in [0.5, 0.6) is 0 Å². The lowest BCUT2D eigenvalue weighted by Crippen LogP contribution is -2.45. The maximum absolute atomic E-state index is 13.6. The molecule has 0 unspecified atom stereocenters. The van der Waals surface area contributed by atoms with Crippen LogP contribution in [0.2, 0.25) is 0 Å². The van der Waals surface area contributed by atoms with Crippen LogP contribution >= 0.6 is 23.2 Å². The van der Waals surface area contributed by atoms with E-state index in [2.05, 4.69) is 30.2 Å². The van der Waals surface area contributed by atoms with Crippen LogP contribution in [0.15, 0.2) is 49.1 Å². The smallest absolute Gasteiger partial charge is 0.289 e. The summed E-state index contributed by atoms with van der Waals surface area (Å²) in [5, 5.41) is 6.22. The number of carbonyl (C=O) groups is 4. The van der Waals surface area contributed by atoms with Crippen molar-refractivity contribution in [2.45, 2.75) is 6.42 Å². The number of aromatic nitrogens is 4. The Morgan fingerprint density at radius 2 is 1.10 bits per heavy atom. The van der Waals surface area contributed by atoms with Gasteiger partial charge in [-0.15, -0.1) is 23.2 Å². The van der Waals surface area contributed by atoms with Gasteiger partial charge < -0.3 is 44.9 Å². The standard InChI is InChI=1S/C33H45Cl2N11O4/c1-41(2)11-7-12-42(3)30(47)27-15-23(19-38-27)44(5)31(48)28-16-24(20-39-28)45(6)32(49)29-17-25(21-40-29)46(43(4)13-9-35)33(50)26-14-22(18-37-26)36-10-8-34/h14-21,36-40H,7-13H2,1-6H3. The summed E-state index contributed by atoms with van der Waals surface area (Å²) in [7, 11) is 10.6. The maximum atomic E-state index is 13.6. The summed E-state index contributed by atoms with van der Waals surface area (Å²) in [6.45, 7) is 2.37. The molecule has 4 rings (SSSR count). The van der Waals surface area contributed by atoms with Crippen LogP contribution in [0, 0.1) is 0 Å². The molecule has 0 saturated carbocycles. The first-order valence-electron chi connectivity index (χ1n) is 16.0. The Bertz CT molecular complexity index is 1760. The number of H-pyrrole nitrogens is 4. The minimum atomic E-state index is -0.397. The number of halogens is 2. The first kappa shape index (κ1) is 38.1. The largest absolute Gasteiger partial charge is 0.383 e. The summed E-state index contributed by atoms with van der Waals surface area (Å²) >= 11 is 11.8. The van der Waals surface area contributed by atoms with Gasteiger partial charge in [0.05, 0.1) is 22.7 Å². The molecule has 4 aromatic rings. The van der Waals surface area contributed by atoms with Gasteiger partial charge >= 0.3 is 0 Å². The number of alkyl halides is 2. The Morgan fingerprint density at radius 1 is 0.600 bits per heavy atom.